The Bertz CT molecular complexity index is 358. The van der Waals surface area contributed by atoms with Crippen LogP contribution in [0, 0.1) is 0 Å². The normalized spacial score (nSPS) is 12.1. The molecule has 0 aromatic heterocycles. The number of hydrogen-bond acceptors (Lipinski definition) is 3. The lowest BCUT2D eigenvalue weighted by Crippen LogP contribution is -2.40. The van der Waals surface area contributed by atoms with Gasteiger partial charge in [0.05, 0.1) is 6.04 Å². The van der Waals surface area contributed by atoms with E-state index in [9.17, 15) is 4.79 Å². The quantitative estimate of drug-likeness (QED) is 0.775. The summed E-state index contributed by atoms with van der Waals surface area (Å²) in [6.07, 6.45) is 0. The van der Waals surface area contributed by atoms with Crippen LogP contribution in [0.5, 0.6) is 5.75 Å². The fourth-order valence-corrected chi connectivity index (χ4v) is 1.48. The summed E-state index contributed by atoms with van der Waals surface area (Å²) in [5.74, 6) is 0.436. The molecule has 0 spiro atoms. The van der Waals surface area contributed by atoms with Gasteiger partial charge in [-0.3, -0.25) is 4.79 Å². The fraction of sp³-hybridized carbons (Fsp3) is 0.364. The Labute approximate surface area is 103 Å². The molecule has 88 valence electrons. The standard InChI is InChI=1S/C11H15BrN2O2/c1-8(11(13)15)14-5-6-16-10-4-2-3-9(12)7-10/h2-4,7-8,14H,5-6H2,1H3,(H2,13,15). The van der Waals surface area contributed by atoms with Gasteiger partial charge in [-0.2, -0.15) is 0 Å². The molecule has 3 N–H and O–H groups in total. The first-order chi connectivity index (χ1) is 7.59. The first kappa shape index (κ1) is 13.0. The third kappa shape index (κ3) is 4.63. The second-order valence-corrected chi connectivity index (χ2v) is 4.30. The summed E-state index contributed by atoms with van der Waals surface area (Å²) in [6.45, 7) is 2.80. The Morgan fingerprint density at radius 2 is 2.38 bits per heavy atom. The molecular formula is C11H15BrN2O2. The number of amides is 1. The van der Waals surface area contributed by atoms with Gasteiger partial charge in [-0.15, -0.1) is 0 Å². The lowest BCUT2D eigenvalue weighted by molar-refractivity contribution is -0.119. The molecule has 4 nitrogen and oxygen atoms in total. The van der Waals surface area contributed by atoms with Crippen LogP contribution < -0.4 is 15.8 Å². The molecule has 0 aliphatic carbocycles. The molecule has 0 bridgehead atoms. The molecule has 0 saturated carbocycles. The molecule has 0 fully saturated rings. The number of halogens is 1. The Kier molecular flexibility index (Phi) is 5.28. The van der Waals surface area contributed by atoms with E-state index in [4.69, 9.17) is 10.5 Å². The van der Waals surface area contributed by atoms with Crippen molar-refractivity contribution in [3.63, 3.8) is 0 Å². The van der Waals surface area contributed by atoms with Crippen LogP contribution in [-0.2, 0) is 4.79 Å². The number of nitrogens with one attached hydrogen (secondary N) is 1. The fourth-order valence-electron chi connectivity index (χ4n) is 1.10. The molecule has 16 heavy (non-hydrogen) atoms. The van der Waals surface area contributed by atoms with E-state index < -0.39 is 0 Å². The summed E-state index contributed by atoms with van der Waals surface area (Å²) in [5.41, 5.74) is 5.10. The van der Waals surface area contributed by atoms with Crippen molar-refractivity contribution in [3.8, 4) is 5.75 Å². The van der Waals surface area contributed by atoms with E-state index in [1.165, 1.54) is 0 Å². The SMILES string of the molecule is CC(NCCOc1cccc(Br)c1)C(N)=O. The topological polar surface area (TPSA) is 64.3 Å². The summed E-state index contributed by atoms with van der Waals surface area (Å²) < 4.78 is 6.45. The van der Waals surface area contributed by atoms with E-state index in [0.29, 0.717) is 13.2 Å². The Morgan fingerprint density at radius 3 is 3.00 bits per heavy atom. The van der Waals surface area contributed by atoms with Crippen LogP contribution in [0.4, 0.5) is 0 Å². The Hall–Kier alpha value is -1.07. The van der Waals surface area contributed by atoms with Gasteiger partial charge in [-0.05, 0) is 25.1 Å². The average molecular weight is 287 g/mol. The first-order valence-electron chi connectivity index (χ1n) is 5.00. The van der Waals surface area contributed by atoms with Gasteiger partial charge in [0, 0.05) is 11.0 Å². The van der Waals surface area contributed by atoms with Crippen LogP contribution in [0.1, 0.15) is 6.92 Å². The van der Waals surface area contributed by atoms with Gasteiger partial charge in [0.25, 0.3) is 0 Å². The minimum atomic E-state index is -0.359. The number of primary amides is 1. The first-order valence-corrected chi connectivity index (χ1v) is 5.80. The van der Waals surface area contributed by atoms with E-state index >= 15 is 0 Å². The van der Waals surface area contributed by atoms with E-state index in [1.54, 1.807) is 6.92 Å². The predicted octanol–water partition coefficient (Wildman–Crippen LogP) is 1.29. The molecule has 0 heterocycles. The molecular weight excluding hydrogens is 272 g/mol. The minimum Gasteiger partial charge on any atom is -0.492 e. The highest BCUT2D eigenvalue weighted by Gasteiger charge is 2.06. The molecule has 0 radical (unpaired) electrons. The Morgan fingerprint density at radius 1 is 1.62 bits per heavy atom. The predicted molar refractivity (Wildman–Crippen MR) is 66.3 cm³/mol. The zero-order chi connectivity index (χ0) is 12.0. The van der Waals surface area contributed by atoms with Crippen molar-refractivity contribution in [1.29, 1.82) is 0 Å². The number of carbonyl (C=O) groups excluding carboxylic acids is 1. The Balaban J connectivity index is 2.23. The summed E-state index contributed by atoms with van der Waals surface area (Å²) in [5, 5.41) is 2.96. The lowest BCUT2D eigenvalue weighted by Gasteiger charge is -2.10. The highest BCUT2D eigenvalue weighted by molar-refractivity contribution is 9.10. The molecule has 0 aliphatic heterocycles. The van der Waals surface area contributed by atoms with Gasteiger partial charge in [-0.1, -0.05) is 22.0 Å². The molecule has 1 aromatic carbocycles. The van der Waals surface area contributed by atoms with Crippen molar-refractivity contribution in [2.45, 2.75) is 13.0 Å². The van der Waals surface area contributed by atoms with Crippen LogP contribution in [0.25, 0.3) is 0 Å². The summed E-state index contributed by atoms with van der Waals surface area (Å²) in [7, 11) is 0. The molecule has 1 atom stereocenters. The van der Waals surface area contributed by atoms with Crippen molar-refractivity contribution >= 4 is 21.8 Å². The van der Waals surface area contributed by atoms with Crippen LogP contribution in [0.3, 0.4) is 0 Å². The highest BCUT2D eigenvalue weighted by Crippen LogP contribution is 2.17. The third-order valence-electron chi connectivity index (χ3n) is 2.04. The number of nitrogens with two attached hydrogens (primary N) is 1. The number of benzene rings is 1. The van der Waals surface area contributed by atoms with Crippen LogP contribution in [0.15, 0.2) is 28.7 Å². The molecule has 1 unspecified atom stereocenters. The minimum absolute atomic E-state index is 0.328. The maximum Gasteiger partial charge on any atom is 0.234 e. The number of carbonyl (C=O) groups is 1. The molecule has 0 aliphatic rings. The van der Waals surface area contributed by atoms with Gasteiger partial charge >= 0.3 is 0 Å². The molecule has 1 aromatic rings. The van der Waals surface area contributed by atoms with Gasteiger partial charge in [0.1, 0.15) is 12.4 Å². The summed E-state index contributed by atoms with van der Waals surface area (Å²) in [6, 6.07) is 7.27. The van der Waals surface area contributed by atoms with E-state index in [1.807, 2.05) is 24.3 Å². The zero-order valence-corrected chi connectivity index (χ0v) is 10.7. The smallest absolute Gasteiger partial charge is 0.234 e. The number of hydrogen-bond donors (Lipinski definition) is 2. The van der Waals surface area contributed by atoms with Gasteiger partial charge in [0.2, 0.25) is 5.91 Å². The maximum atomic E-state index is 10.7. The van der Waals surface area contributed by atoms with Crippen molar-refractivity contribution in [1.82, 2.24) is 5.32 Å². The zero-order valence-electron chi connectivity index (χ0n) is 9.07. The summed E-state index contributed by atoms with van der Waals surface area (Å²) >= 11 is 3.36. The van der Waals surface area contributed by atoms with E-state index in [2.05, 4.69) is 21.2 Å². The van der Waals surface area contributed by atoms with Crippen molar-refractivity contribution in [2.24, 2.45) is 5.73 Å². The van der Waals surface area contributed by atoms with Crippen molar-refractivity contribution in [3.05, 3.63) is 28.7 Å². The largest absolute Gasteiger partial charge is 0.492 e. The second kappa shape index (κ2) is 6.50. The molecule has 1 rings (SSSR count). The van der Waals surface area contributed by atoms with Crippen molar-refractivity contribution in [2.75, 3.05) is 13.2 Å². The van der Waals surface area contributed by atoms with Crippen LogP contribution in [0.2, 0.25) is 0 Å². The number of rotatable bonds is 6. The summed E-state index contributed by atoms with van der Waals surface area (Å²) in [4.78, 5) is 10.7. The molecule has 0 saturated heterocycles. The van der Waals surface area contributed by atoms with Crippen LogP contribution in [-0.4, -0.2) is 25.1 Å². The van der Waals surface area contributed by atoms with E-state index in [-0.39, 0.29) is 11.9 Å². The molecule has 1 amide bonds. The second-order valence-electron chi connectivity index (χ2n) is 3.38. The van der Waals surface area contributed by atoms with Crippen LogP contribution >= 0.6 is 15.9 Å². The van der Waals surface area contributed by atoms with Gasteiger partial charge < -0.3 is 15.8 Å². The van der Waals surface area contributed by atoms with Gasteiger partial charge in [-0.25, -0.2) is 0 Å². The monoisotopic (exact) mass is 286 g/mol. The molecule has 5 heteroatoms. The average Bonchev–Trinajstić information content (AvgIpc) is 2.24. The number of ether oxygens (including phenoxy) is 1. The highest BCUT2D eigenvalue weighted by atomic mass is 79.9. The third-order valence-corrected chi connectivity index (χ3v) is 2.54. The van der Waals surface area contributed by atoms with E-state index in [0.717, 1.165) is 10.2 Å². The van der Waals surface area contributed by atoms with Gasteiger partial charge in [0.15, 0.2) is 0 Å². The lowest BCUT2D eigenvalue weighted by atomic mass is 10.3. The van der Waals surface area contributed by atoms with Crippen molar-refractivity contribution < 1.29 is 9.53 Å². The maximum absolute atomic E-state index is 10.7.